The Balaban J connectivity index is 2.10. The average molecular weight is 350 g/mol. The zero-order chi connectivity index (χ0) is 17.3. The smallest absolute Gasteiger partial charge is 0.244 e. The topological polar surface area (TPSA) is 38.7 Å². The first-order valence-corrected chi connectivity index (χ1v) is 7.37. The lowest BCUT2D eigenvalue weighted by Gasteiger charge is -2.09. The summed E-state index contributed by atoms with van der Waals surface area (Å²) in [4.78, 5) is 11.8. The van der Waals surface area contributed by atoms with Crippen molar-refractivity contribution >= 4 is 11.6 Å². The van der Waals surface area contributed by atoms with Crippen molar-refractivity contribution in [3.8, 4) is 22.8 Å². The van der Waals surface area contributed by atoms with Crippen LogP contribution in [0.25, 0.3) is 22.8 Å². The third-order valence-corrected chi connectivity index (χ3v) is 3.58. The molecule has 122 valence electrons. The molecule has 3 rings (SSSR count). The Labute approximate surface area is 141 Å². The van der Waals surface area contributed by atoms with Crippen LogP contribution in [0.1, 0.15) is 11.3 Å². The van der Waals surface area contributed by atoms with Crippen LogP contribution in [0.5, 0.6) is 0 Å². The largest absolute Gasteiger partial charge is 0.433 e. The molecular formula is C17H11ClF3N3. The quantitative estimate of drug-likeness (QED) is 0.598. The van der Waals surface area contributed by atoms with Gasteiger partial charge in [0, 0.05) is 11.6 Å². The number of pyridine rings is 1. The van der Waals surface area contributed by atoms with Gasteiger partial charge in [0.25, 0.3) is 0 Å². The molecule has 2 aromatic heterocycles. The molecule has 0 spiro atoms. The SMILES string of the molecule is Cc1ccccc1-c1cccc(-c2nc(Cl)cc(C(F)(F)F)n2)n1. The summed E-state index contributed by atoms with van der Waals surface area (Å²) in [7, 11) is 0. The Bertz CT molecular complexity index is 894. The van der Waals surface area contributed by atoms with Crippen LogP contribution in [0.3, 0.4) is 0 Å². The van der Waals surface area contributed by atoms with Crippen LogP contribution in [0.2, 0.25) is 5.15 Å². The minimum atomic E-state index is -4.60. The first-order valence-electron chi connectivity index (χ1n) is 7.00. The lowest BCUT2D eigenvalue weighted by atomic mass is 10.1. The van der Waals surface area contributed by atoms with Gasteiger partial charge in [-0.05, 0) is 24.6 Å². The minimum Gasteiger partial charge on any atom is -0.244 e. The van der Waals surface area contributed by atoms with E-state index in [1.54, 1.807) is 18.2 Å². The highest BCUT2D eigenvalue weighted by atomic mass is 35.5. The molecule has 0 unspecified atom stereocenters. The molecule has 0 bridgehead atoms. The first kappa shape index (κ1) is 16.4. The van der Waals surface area contributed by atoms with E-state index in [9.17, 15) is 13.2 Å². The van der Waals surface area contributed by atoms with Gasteiger partial charge in [0.15, 0.2) is 5.82 Å². The molecule has 0 radical (unpaired) electrons. The number of aryl methyl sites for hydroxylation is 1. The molecule has 0 aliphatic rings. The number of benzene rings is 1. The summed E-state index contributed by atoms with van der Waals surface area (Å²) >= 11 is 5.71. The van der Waals surface area contributed by atoms with Gasteiger partial charge in [0.2, 0.25) is 0 Å². The standard InChI is InChI=1S/C17H11ClF3N3/c1-10-5-2-3-6-11(10)12-7-4-8-13(22-12)16-23-14(17(19,20)21)9-15(18)24-16/h2-9H,1H3. The summed E-state index contributed by atoms with van der Waals surface area (Å²) in [6.45, 7) is 1.93. The second-order valence-electron chi connectivity index (χ2n) is 5.12. The predicted octanol–water partition coefficient (Wildman–Crippen LogP) is 5.19. The number of halogens is 4. The number of aromatic nitrogens is 3. The van der Waals surface area contributed by atoms with Crippen molar-refractivity contribution in [1.29, 1.82) is 0 Å². The zero-order valence-corrected chi connectivity index (χ0v) is 13.2. The van der Waals surface area contributed by atoms with Crippen molar-refractivity contribution in [2.45, 2.75) is 13.1 Å². The number of rotatable bonds is 2. The van der Waals surface area contributed by atoms with Gasteiger partial charge in [-0.25, -0.2) is 15.0 Å². The van der Waals surface area contributed by atoms with Crippen LogP contribution in [0, 0.1) is 6.92 Å². The monoisotopic (exact) mass is 349 g/mol. The average Bonchev–Trinajstić information content (AvgIpc) is 2.54. The summed E-state index contributed by atoms with van der Waals surface area (Å²) in [5.41, 5.74) is 1.65. The molecule has 3 aromatic rings. The fourth-order valence-corrected chi connectivity index (χ4v) is 2.43. The predicted molar refractivity (Wildman–Crippen MR) is 85.4 cm³/mol. The van der Waals surface area contributed by atoms with Crippen molar-refractivity contribution in [3.05, 3.63) is 64.9 Å². The molecule has 0 amide bonds. The first-order chi connectivity index (χ1) is 11.3. The van der Waals surface area contributed by atoms with E-state index >= 15 is 0 Å². The Morgan fingerprint density at radius 3 is 2.29 bits per heavy atom. The summed E-state index contributed by atoms with van der Waals surface area (Å²) in [6.07, 6.45) is -4.60. The number of nitrogens with zero attached hydrogens (tertiary/aromatic N) is 3. The van der Waals surface area contributed by atoms with Gasteiger partial charge in [0.05, 0.1) is 5.69 Å². The Morgan fingerprint density at radius 2 is 1.58 bits per heavy atom. The summed E-state index contributed by atoms with van der Waals surface area (Å²) < 4.78 is 38.7. The highest BCUT2D eigenvalue weighted by Crippen LogP contribution is 2.31. The molecule has 0 fully saturated rings. The van der Waals surface area contributed by atoms with Crippen LogP contribution in [-0.2, 0) is 6.18 Å². The van der Waals surface area contributed by atoms with Crippen molar-refractivity contribution < 1.29 is 13.2 Å². The van der Waals surface area contributed by atoms with E-state index in [0.29, 0.717) is 11.8 Å². The fourth-order valence-electron chi connectivity index (χ4n) is 2.25. The lowest BCUT2D eigenvalue weighted by Crippen LogP contribution is -2.10. The Hall–Kier alpha value is -2.47. The minimum absolute atomic E-state index is 0.162. The molecule has 3 nitrogen and oxygen atoms in total. The molecule has 0 saturated carbocycles. The molecule has 7 heteroatoms. The fraction of sp³-hybridized carbons (Fsp3) is 0.118. The van der Waals surface area contributed by atoms with Crippen molar-refractivity contribution in [2.24, 2.45) is 0 Å². The van der Waals surface area contributed by atoms with E-state index in [4.69, 9.17) is 11.6 Å². The third kappa shape index (κ3) is 3.38. The maximum absolute atomic E-state index is 12.9. The van der Waals surface area contributed by atoms with E-state index in [-0.39, 0.29) is 16.7 Å². The van der Waals surface area contributed by atoms with E-state index in [1.165, 1.54) is 0 Å². The third-order valence-electron chi connectivity index (χ3n) is 3.38. The van der Waals surface area contributed by atoms with Gasteiger partial charge in [-0.2, -0.15) is 13.2 Å². The van der Waals surface area contributed by atoms with Crippen molar-refractivity contribution in [1.82, 2.24) is 15.0 Å². The molecule has 0 aliphatic heterocycles. The van der Waals surface area contributed by atoms with Crippen molar-refractivity contribution in [3.63, 3.8) is 0 Å². The van der Waals surface area contributed by atoms with Crippen LogP contribution in [0.4, 0.5) is 13.2 Å². The molecule has 0 N–H and O–H groups in total. The maximum Gasteiger partial charge on any atom is 0.433 e. The molecular weight excluding hydrogens is 339 g/mol. The number of alkyl halides is 3. The van der Waals surface area contributed by atoms with E-state index in [2.05, 4.69) is 15.0 Å². The van der Waals surface area contributed by atoms with E-state index in [0.717, 1.165) is 11.1 Å². The molecule has 0 aliphatic carbocycles. The molecule has 0 saturated heterocycles. The van der Waals surface area contributed by atoms with Crippen LogP contribution in [-0.4, -0.2) is 15.0 Å². The van der Waals surface area contributed by atoms with Gasteiger partial charge in [-0.15, -0.1) is 0 Å². The van der Waals surface area contributed by atoms with Gasteiger partial charge in [-0.1, -0.05) is 41.9 Å². The normalized spacial score (nSPS) is 11.5. The van der Waals surface area contributed by atoms with Crippen molar-refractivity contribution in [2.75, 3.05) is 0 Å². The molecule has 0 atom stereocenters. The number of hydrogen-bond donors (Lipinski definition) is 0. The number of hydrogen-bond acceptors (Lipinski definition) is 3. The summed E-state index contributed by atoms with van der Waals surface area (Å²) in [6, 6.07) is 13.3. The molecule has 2 heterocycles. The summed E-state index contributed by atoms with van der Waals surface area (Å²) in [5, 5.41) is -0.282. The Morgan fingerprint density at radius 1 is 0.875 bits per heavy atom. The Kier molecular flexibility index (Phi) is 4.24. The van der Waals surface area contributed by atoms with E-state index in [1.807, 2.05) is 31.2 Å². The zero-order valence-electron chi connectivity index (χ0n) is 12.5. The van der Waals surface area contributed by atoms with Gasteiger partial charge < -0.3 is 0 Å². The van der Waals surface area contributed by atoms with Gasteiger partial charge in [0.1, 0.15) is 16.5 Å². The van der Waals surface area contributed by atoms with Crippen LogP contribution in [0.15, 0.2) is 48.5 Å². The van der Waals surface area contributed by atoms with Gasteiger partial charge in [-0.3, -0.25) is 0 Å². The second kappa shape index (κ2) is 6.20. The second-order valence-corrected chi connectivity index (χ2v) is 5.51. The molecule has 24 heavy (non-hydrogen) atoms. The highest BCUT2D eigenvalue weighted by molar-refractivity contribution is 6.29. The lowest BCUT2D eigenvalue weighted by molar-refractivity contribution is -0.141. The molecule has 1 aromatic carbocycles. The van der Waals surface area contributed by atoms with E-state index < -0.39 is 11.9 Å². The van der Waals surface area contributed by atoms with Crippen LogP contribution < -0.4 is 0 Å². The maximum atomic E-state index is 12.9. The summed E-state index contributed by atoms with van der Waals surface area (Å²) in [5.74, 6) is -0.162. The van der Waals surface area contributed by atoms with Gasteiger partial charge >= 0.3 is 6.18 Å². The highest BCUT2D eigenvalue weighted by Gasteiger charge is 2.33. The van der Waals surface area contributed by atoms with Crippen LogP contribution >= 0.6 is 11.6 Å².